The molecular formula is C16H18BrN5O4. The van der Waals surface area contributed by atoms with Gasteiger partial charge in [-0.3, -0.25) is 24.4 Å². The van der Waals surface area contributed by atoms with Gasteiger partial charge in [0.25, 0.3) is 0 Å². The van der Waals surface area contributed by atoms with Crippen LogP contribution in [0.1, 0.15) is 11.4 Å². The summed E-state index contributed by atoms with van der Waals surface area (Å²) >= 11 is 3.33. The molecule has 0 atom stereocenters. The maximum absolute atomic E-state index is 12.3. The van der Waals surface area contributed by atoms with Gasteiger partial charge < -0.3 is 10.2 Å². The first-order valence-electron chi connectivity index (χ1n) is 7.67. The van der Waals surface area contributed by atoms with Gasteiger partial charge in [0.15, 0.2) is 0 Å². The SMILES string of the molecule is Cc1nn(CC(=O)N(C)CC(=O)Nc2ccccc2Br)c(C)c1[N+](=O)[O-]. The van der Waals surface area contributed by atoms with E-state index in [9.17, 15) is 19.7 Å². The zero-order valence-electron chi connectivity index (χ0n) is 14.5. The van der Waals surface area contributed by atoms with Crippen molar-refractivity contribution in [2.75, 3.05) is 18.9 Å². The minimum atomic E-state index is -0.520. The Morgan fingerprint density at radius 2 is 2.00 bits per heavy atom. The number of rotatable bonds is 6. The van der Waals surface area contributed by atoms with E-state index in [4.69, 9.17) is 0 Å². The minimum Gasteiger partial charge on any atom is -0.335 e. The molecule has 0 fully saturated rings. The Hall–Kier alpha value is -2.75. The summed E-state index contributed by atoms with van der Waals surface area (Å²) in [4.78, 5) is 36.2. The summed E-state index contributed by atoms with van der Waals surface area (Å²) in [6, 6.07) is 7.13. The van der Waals surface area contributed by atoms with Crippen LogP contribution in [0.2, 0.25) is 0 Å². The van der Waals surface area contributed by atoms with Crippen molar-refractivity contribution >= 4 is 39.1 Å². The molecule has 2 rings (SSSR count). The highest BCUT2D eigenvalue weighted by Gasteiger charge is 2.24. The van der Waals surface area contributed by atoms with E-state index in [0.29, 0.717) is 11.4 Å². The third-order valence-corrected chi connectivity index (χ3v) is 4.46. The molecule has 26 heavy (non-hydrogen) atoms. The second kappa shape index (κ2) is 8.09. The second-order valence-electron chi connectivity index (χ2n) is 5.71. The van der Waals surface area contributed by atoms with E-state index in [1.807, 2.05) is 6.07 Å². The Bertz CT molecular complexity index is 864. The van der Waals surface area contributed by atoms with Crippen molar-refractivity contribution in [3.05, 3.63) is 50.2 Å². The molecule has 0 unspecified atom stereocenters. The van der Waals surface area contributed by atoms with Crippen LogP contribution in [0.15, 0.2) is 28.7 Å². The van der Waals surface area contributed by atoms with Crippen LogP contribution < -0.4 is 5.32 Å². The largest absolute Gasteiger partial charge is 0.335 e. The van der Waals surface area contributed by atoms with Gasteiger partial charge >= 0.3 is 5.69 Å². The van der Waals surface area contributed by atoms with Crippen LogP contribution in [0.5, 0.6) is 0 Å². The number of nitrogens with one attached hydrogen (secondary N) is 1. The first-order chi connectivity index (χ1) is 12.2. The molecular weight excluding hydrogens is 406 g/mol. The van der Waals surface area contributed by atoms with Crippen molar-refractivity contribution in [3.8, 4) is 0 Å². The number of halogens is 1. The van der Waals surface area contributed by atoms with Gasteiger partial charge in [0.1, 0.15) is 17.9 Å². The molecule has 0 saturated carbocycles. The number of hydrogen-bond donors (Lipinski definition) is 1. The summed E-state index contributed by atoms with van der Waals surface area (Å²) in [5, 5.41) is 17.8. The minimum absolute atomic E-state index is 0.105. The lowest BCUT2D eigenvalue weighted by atomic mass is 10.3. The molecule has 0 aliphatic carbocycles. The number of likely N-dealkylation sites (N-methyl/N-ethyl adjacent to an activating group) is 1. The van der Waals surface area contributed by atoms with Crippen LogP contribution >= 0.6 is 15.9 Å². The summed E-state index contributed by atoms with van der Waals surface area (Å²) in [5.41, 5.74) is 1.04. The van der Waals surface area contributed by atoms with Gasteiger partial charge in [0.05, 0.1) is 17.2 Å². The van der Waals surface area contributed by atoms with E-state index >= 15 is 0 Å². The van der Waals surface area contributed by atoms with E-state index in [1.165, 1.54) is 30.5 Å². The molecule has 0 aliphatic heterocycles. The van der Waals surface area contributed by atoms with Gasteiger partial charge in [-0.1, -0.05) is 12.1 Å². The van der Waals surface area contributed by atoms with Crippen LogP contribution in [0.25, 0.3) is 0 Å². The monoisotopic (exact) mass is 423 g/mol. The Morgan fingerprint density at radius 3 is 2.58 bits per heavy atom. The van der Waals surface area contributed by atoms with Crippen LogP contribution in [0.3, 0.4) is 0 Å². The van der Waals surface area contributed by atoms with Crippen LogP contribution in [0.4, 0.5) is 11.4 Å². The number of anilines is 1. The summed E-state index contributed by atoms with van der Waals surface area (Å²) in [7, 11) is 1.49. The molecule has 138 valence electrons. The number of carbonyl (C=O) groups is 2. The number of nitro groups is 1. The standard InChI is InChI=1S/C16H18BrN5O4/c1-10-16(22(25)26)11(2)21(19-10)9-15(24)20(3)8-14(23)18-13-7-5-4-6-12(13)17/h4-7H,8-9H2,1-3H3,(H,18,23). The van der Waals surface area contributed by atoms with Crippen molar-refractivity contribution < 1.29 is 14.5 Å². The fourth-order valence-corrected chi connectivity index (χ4v) is 2.79. The molecule has 1 N–H and O–H groups in total. The van der Waals surface area contributed by atoms with Crippen molar-refractivity contribution in [1.82, 2.24) is 14.7 Å². The Morgan fingerprint density at radius 1 is 1.35 bits per heavy atom. The zero-order valence-corrected chi connectivity index (χ0v) is 16.1. The van der Waals surface area contributed by atoms with Gasteiger partial charge in [-0.05, 0) is 41.9 Å². The average molecular weight is 424 g/mol. The third kappa shape index (κ3) is 4.45. The Labute approximate surface area is 158 Å². The molecule has 0 spiro atoms. The highest BCUT2D eigenvalue weighted by atomic mass is 79.9. The lowest BCUT2D eigenvalue weighted by Crippen LogP contribution is -2.37. The van der Waals surface area contributed by atoms with Gasteiger partial charge in [-0.2, -0.15) is 5.10 Å². The van der Waals surface area contributed by atoms with Gasteiger partial charge in [0.2, 0.25) is 11.8 Å². The molecule has 1 aromatic carbocycles. The normalized spacial score (nSPS) is 10.5. The third-order valence-electron chi connectivity index (χ3n) is 3.77. The number of nitrogens with zero attached hydrogens (tertiary/aromatic N) is 4. The van der Waals surface area contributed by atoms with Crippen molar-refractivity contribution in [1.29, 1.82) is 0 Å². The van der Waals surface area contributed by atoms with E-state index in [0.717, 1.165) is 4.47 Å². The predicted molar refractivity (Wildman–Crippen MR) is 98.8 cm³/mol. The molecule has 1 aromatic heterocycles. The highest BCUT2D eigenvalue weighted by molar-refractivity contribution is 9.10. The number of aromatic nitrogens is 2. The van der Waals surface area contributed by atoms with Gasteiger partial charge in [-0.25, -0.2) is 0 Å². The lowest BCUT2D eigenvalue weighted by molar-refractivity contribution is -0.386. The van der Waals surface area contributed by atoms with Crippen LogP contribution in [-0.4, -0.2) is 45.0 Å². The molecule has 0 bridgehead atoms. The number of hydrogen-bond acceptors (Lipinski definition) is 5. The zero-order chi connectivity index (χ0) is 19.4. The average Bonchev–Trinajstić information content (AvgIpc) is 2.83. The van der Waals surface area contributed by atoms with E-state index < -0.39 is 4.92 Å². The fraction of sp³-hybridized carbons (Fsp3) is 0.312. The van der Waals surface area contributed by atoms with Gasteiger partial charge in [-0.15, -0.1) is 0 Å². The molecule has 2 amide bonds. The maximum Gasteiger partial charge on any atom is 0.312 e. The number of amides is 2. The quantitative estimate of drug-likeness (QED) is 0.565. The summed E-state index contributed by atoms with van der Waals surface area (Å²) in [6.07, 6.45) is 0. The second-order valence-corrected chi connectivity index (χ2v) is 6.57. The van der Waals surface area contributed by atoms with Crippen LogP contribution in [-0.2, 0) is 16.1 Å². The first kappa shape index (κ1) is 19.6. The molecule has 0 saturated heterocycles. The van der Waals surface area contributed by atoms with Crippen molar-refractivity contribution in [2.24, 2.45) is 0 Å². The number of para-hydroxylation sites is 1. The van der Waals surface area contributed by atoms with Crippen molar-refractivity contribution in [2.45, 2.75) is 20.4 Å². The Balaban J connectivity index is 2.00. The lowest BCUT2D eigenvalue weighted by Gasteiger charge is -2.17. The molecule has 0 aliphatic rings. The maximum atomic E-state index is 12.3. The summed E-state index contributed by atoms with van der Waals surface area (Å²) in [5.74, 6) is -0.736. The molecule has 1 heterocycles. The summed E-state index contributed by atoms with van der Waals surface area (Å²) in [6.45, 7) is 2.72. The fourth-order valence-electron chi connectivity index (χ4n) is 2.41. The number of carbonyl (C=O) groups excluding carboxylic acids is 2. The molecule has 0 radical (unpaired) electrons. The molecule has 10 heteroatoms. The van der Waals surface area contributed by atoms with Crippen LogP contribution in [0, 0.1) is 24.0 Å². The molecule has 2 aromatic rings. The molecule has 9 nitrogen and oxygen atoms in total. The van der Waals surface area contributed by atoms with E-state index in [2.05, 4.69) is 26.3 Å². The number of benzene rings is 1. The van der Waals surface area contributed by atoms with Gasteiger partial charge in [0, 0.05) is 11.5 Å². The topological polar surface area (TPSA) is 110 Å². The smallest absolute Gasteiger partial charge is 0.312 e. The first-order valence-corrected chi connectivity index (χ1v) is 8.46. The van der Waals surface area contributed by atoms with E-state index in [-0.39, 0.29) is 36.3 Å². The Kier molecular flexibility index (Phi) is 6.09. The van der Waals surface area contributed by atoms with Crippen molar-refractivity contribution in [3.63, 3.8) is 0 Å². The predicted octanol–water partition coefficient (Wildman–Crippen LogP) is 2.27. The van der Waals surface area contributed by atoms with E-state index in [1.54, 1.807) is 18.2 Å². The number of aryl methyl sites for hydroxylation is 1. The highest BCUT2D eigenvalue weighted by Crippen LogP contribution is 2.22. The summed E-state index contributed by atoms with van der Waals surface area (Å²) < 4.78 is 2.01.